The highest BCUT2D eigenvalue weighted by atomic mass is 127. The van der Waals surface area contributed by atoms with Crippen LogP contribution < -0.4 is 10.6 Å². The van der Waals surface area contributed by atoms with Gasteiger partial charge < -0.3 is 20.1 Å². The van der Waals surface area contributed by atoms with Gasteiger partial charge in [0.05, 0.1) is 32.1 Å². The maximum Gasteiger partial charge on any atom is 0.191 e. The van der Waals surface area contributed by atoms with Crippen molar-refractivity contribution in [3.05, 3.63) is 52.3 Å². The van der Waals surface area contributed by atoms with Crippen LogP contribution in [0.3, 0.4) is 0 Å². The largest absolute Gasteiger partial charge is 0.379 e. The van der Waals surface area contributed by atoms with E-state index in [9.17, 15) is 0 Å². The van der Waals surface area contributed by atoms with Crippen LogP contribution in [-0.4, -0.2) is 42.1 Å². The summed E-state index contributed by atoms with van der Waals surface area (Å²) in [7, 11) is 1.97. The third-order valence-corrected chi connectivity index (χ3v) is 4.69. The standard InChI is InChI=1S/C22H35N5O2.HI/c1-6-23-22(25-15-21-17(3)26-27(5)18(21)4)24-14-19-9-8-10-20(13-19)16-29-12-11-28-7-2;/h8-10,13H,6-7,11-12,14-16H2,1-5H3,(H2,23,24,25);1H. The van der Waals surface area contributed by atoms with E-state index in [4.69, 9.17) is 14.5 Å². The van der Waals surface area contributed by atoms with Gasteiger partial charge in [-0.2, -0.15) is 5.10 Å². The molecule has 1 aromatic carbocycles. The van der Waals surface area contributed by atoms with Crippen LogP contribution >= 0.6 is 24.0 Å². The normalized spacial score (nSPS) is 11.3. The van der Waals surface area contributed by atoms with Crippen molar-refractivity contribution in [2.24, 2.45) is 12.0 Å². The molecule has 2 rings (SSSR count). The smallest absolute Gasteiger partial charge is 0.191 e. The Morgan fingerprint density at radius 3 is 2.50 bits per heavy atom. The van der Waals surface area contributed by atoms with Gasteiger partial charge in [0.25, 0.3) is 0 Å². The summed E-state index contributed by atoms with van der Waals surface area (Å²) < 4.78 is 12.9. The average molecular weight is 529 g/mol. The Hall–Kier alpha value is -1.65. The molecular weight excluding hydrogens is 493 g/mol. The second-order valence-corrected chi connectivity index (χ2v) is 6.89. The quantitative estimate of drug-likeness (QED) is 0.202. The number of aryl methyl sites for hydroxylation is 2. The lowest BCUT2D eigenvalue weighted by molar-refractivity contribution is 0.0453. The van der Waals surface area contributed by atoms with Gasteiger partial charge in [-0.05, 0) is 38.8 Å². The predicted molar refractivity (Wildman–Crippen MR) is 132 cm³/mol. The van der Waals surface area contributed by atoms with Crippen LogP contribution in [0.1, 0.15) is 41.9 Å². The van der Waals surface area contributed by atoms with Crippen LogP contribution in [0.4, 0.5) is 0 Å². The van der Waals surface area contributed by atoms with Crippen molar-refractivity contribution in [2.45, 2.75) is 47.4 Å². The van der Waals surface area contributed by atoms with Crippen molar-refractivity contribution in [3.63, 3.8) is 0 Å². The lowest BCUT2D eigenvalue weighted by Crippen LogP contribution is -2.37. The summed E-state index contributed by atoms with van der Waals surface area (Å²) >= 11 is 0. The molecule has 1 heterocycles. The second-order valence-electron chi connectivity index (χ2n) is 6.89. The van der Waals surface area contributed by atoms with Crippen molar-refractivity contribution in [2.75, 3.05) is 26.4 Å². The molecule has 7 nitrogen and oxygen atoms in total. The molecule has 1 aromatic heterocycles. The molecule has 0 saturated carbocycles. The van der Waals surface area contributed by atoms with Gasteiger partial charge in [0, 0.05) is 38.0 Å². The first kappa shape index (κ1) is 26.4. The van der Waals surface area contributed by atoms with Crippen LogP contribution in [0, 0.1) is 13.8 Å². The molecule has 8 heteroatoms. The summed E-state index contributed by atoms with van der Waals surface area (Å²) in [6, 6.07) is 8.36. The van der Waals surface area contributed by atoms with Gasteiger partial charge in [-0.3, -0.25) is 4.68 Å². The zero-order valence-corrected chi connectivity index (χ0v) is 21.2. The molecule has 0 fully saturated rings. The van der Waals surface area contributed by atoms with Crippen LogP contribution in [0.15, 0.2) is 29.3 Å². The average Bonchev–Trinajstić information content (AvgIpc) is 2.95. The predicted octanol–water partition coefficient (Wildman–Crippen LogP) is 3.46. The summed E-state index contributed by atoms with van der Waals surface area (Å²) in [5.74, 6) is 0.800. The number of hydrogen-bond donors (Lipinski definition) is 2. The molecule has 0 aliphatic carbocycles. The zero-order valence-electron chi connectivity index (χ0n) is 18.8. The van der Waals surface area contributed by atoms with Gasteiger partial charge >= 0.3 is 0 Å². The van der Waals surface area contributed by atoms with Gasteiger partial charge in [0.15, 0.2) is 5.96 Å². The minimum Gasteiger partial charge on any atom is -0.379 e. The molecule has 168 valence electrons. The molecule has 0 radical (unpaired) electrons. The van der Waals surface area contributed by atoms with E-state index in [1.165, 1.54) is 11.3 Å². The SMILES string of the molecule is CCNC(=NCc1cccc(COCCOCC)c1)NCc1c(C)nn(C)c1C.I. The Morgan fingerprint density at radius 2 is 1.83 bits per heavy atom. The molecule has 0 aliphatic heterocycles. The number of guanidine groups is 1. The monoisotopic (exact) mass is 529 g/mol. The van der Waals surface area contributed by atoms with E-state index in [0.717, 1.165) is 35.9 Å². The number of rotatable bonds is 11. The molecular formula is C22H36IN5O2. The van der Waals surface area contributed by atoms with E-state index in [1.54, 1.807) is 0 Å². The van der Waals surface area contributed by atoms with Crippen molar-refractivity contribution in [1.29, 1.82) is 0 Å². The van der Waals surface area contributed by atoms with Crippen LogP contribution in [0.2, 0.25) is 0 Å². The van der Waals surface area contributed by atoms with E-state index < -0.39 is 0 Å². The molecule has 0 amide bonds. The molecule has 30 heavy (non-hydrogen) atoms. The summed E-state index contributed by atoms with van der Waals surface area (Å²) in [5, 5.41) is 11.2. The Balaban J connectivity index is 0.00000450. The summed E-state index contributed by atoms with van der Waals surface area (Å²) in [5.41, 5.74) is 5.73. The first-order valence-electron chi connectivity index (χ1n) is 10.3. The molecule has 2 N–H and O–H groups in total. The first-order valence-corrected chi connectivity index (χ1v) is 10.3. The third-order valence-electron chi connectivity index (χ3n) is 4.69. The van der Waals surface area contributed by atoms with Crippen molar-refractivity contribution in [1.82, 2.24) is 20.4 Å². The van der Waals surface area contributed by atoms with Crippen LogP contribution in [-0.2, 0) is 36.2 Å². The Kier molecular flexibility index (Phi) is 12.6. The molecule has 0 atom stereocenters. The lowest BCUT2D eigenvalue weighted by Gasteiger charge is -2.12. The maximum absolute atomic E-state index is 5.66. The number of benzene rings is 1. The van der Waals surface area contributed by atoms with E-state index in [-0.39, 0.29) is 24.0 Å². The van der Waals surface area contributed by atoms with Crippen molar-refractivity contribution >= 4 is 29.9 Å². The van der Waals surface area contributed by atoms with Crippen molar-refractivity contribution < 1.29 is 9.47 Å². The summed E-state index contributed by atoms with van der Waals surface area (Å²) in [6.45, 7) is 12.8. The fraction of sp³-hybridized carbons (Fsp3) is 0.545. The minimum atomic E-state index is 0. The number of aromatic nitrogens is 2. The van der Waals surface area contributed by atoms with Gasteiger partial charge in [0.2, 0.25) is 0 Å². The Labute approximate surface area is 197 Å². The molecule has 0 unspecified atom stereocenters. The number of nitrogens with one attached hydrogen (secondary N) is 2. The number of aliphatic imine (C=N–C) groups is 1. The maximum atomic E-state index is 5.66. The number of ether oxygens (including phenoxy) is 2. The fourth-order valence-corrected chi connectivity index (χ4v) is 3.03. The third kappa shape index (κ3) is 8.61. The van der Waals surface area contributed by atoms with Gasteiger partial charge in [0.1, 0.15) is 0 Å². The molecule has 0 spiro atoms. The fourth-order valence-electron chi connectivity index (χ4n) is 3.03. The highest BCUT2D eigenvalue weighted by Gasteiger charge is 2.09. The highest BCUT2D eigenvalue weighted by Crippen LogP contribution is 2.11. The summed E-state index contributed by atoms with van der Waals surface area (Å²) in [6.07, 6.45) is 0. The van der Waals surface area contributed by atoms with E-state index >= 15 is 0 Å². The van der Waals surface area contributed by atoms with Gasteiger partial charge in [-0.15, -0.1) is 24.0 Å². The number of hydrogen-bond acceptors (Lipinski definition) is 4. The van der Waals surface area contributed by atoms with Gasteiger partial charge in [-0.25, -0.2) is 4.99 Å². The van der Waals surface area contributed by atoms with E-state index in [0.29, 0.717) is 32.9 Å². The van der Waals surface area contributed by atoms with Gasteiger partial charge in [-0.1, -0.05) is 24.3 Å². The number of halogens is 1. The molecule has 0 bridgehead atoms. The van der Waals surface area contributed by atoms with Crippen molar-refractivity contribution in [3.8, 4) is 0 Å². The minimum absolute atomic E-state index is 0. The van der Waals surface area contributed by atoms with E-state index in [1.807, 2.05) is 25.6 Å². The second kappa shape index (κ2) is 14.4. The molecule has 0 aliphatic rings. The highest BCUT2D eigenvalue weighted by molar-refractivity contribution is 14.0. The summed E-state index contributed by atoms with van der Waals surface area (Å²) in [4.78, 5) is 4.73. The van der Waals surface area contributed by atoms with E-state index in [2.05, 4.69) is 53.8 Å². The lowest BCUT2D eigenvalue weighted by atomic mass is 10.1. The molecule has 2 aromatic rings. The molecule has 0 saturated heterocycles. The van der Waals surface area contributed by atoms with Crippen LogP contribution in [0.25, 0.3) is 0 Å². The zero-order chi connectivity index (χ0) is 21.1. The number of nitrogens with zero attached hydrogens (tertiary/aromatic N) is 3. The Morgan fingerprint density at radius 1 is 1.10 bits per heavy atom. The first-order chi connectivity index (χ1) is 14.0. The Bertz CT molecular complexity index is 792. The topological polar surface area (TPSA) is 72.7 Å². The van der Waals surface area contributed by atoms with Crippen LogP contribution in [0.5, 0.6) is 0 Å².